The number of aromatic amines is 1. The number of rotatable bonds is 11. The van der Waals surface area contributed by atoms with Crippen molar-refractivity contribution in [2.75, 3.05) is 43.9 Å². The molecule has 3 amide bonds. The van der Waals surface area contributed by atoms with Gasteiger partial charge in [0.25, 0.3) is 11.8 Å². The molecule has 0 fully saturated rings. The number of aromatic nitrogens is 2. The van der Waals surface area contributed by atoms with Crippen LogP contribution in [-0.2, 0) is 49.6 Å². The standard InChI is InChI=1S/C27H23F3N4O.C27H26F3N3O3.2ClH/c28-27(29,30)21-8-5-18(6-9-21)23-3-1-2-4-24(23)26(35)33-22-10-7-20-16-34(14-11-19(20)15-22)17-25-31-12-13-32-25;1-36-26(35)31-13-15-33-14-12-19-16-22(11-8-20(19)17-33)32-25(34)24-5-3-2-4-23(24)18-6-9-21(10-7-18)27(28,29)30;;/h1-10,12-13,15H,11,14,16-17H2,(H,31,32)(H,33,35);2-11,16H,12-15,17H2,1H3,(H,31,35)(H,32,34);2*1H. The van der Waals surface area contributed by atoms with Gasteiger partial charge in [-0.25, -0.2) is 9.78 Å². The van der Waals surface area contributed by atoms with Crippen molar-refractivity contribution in [2.24, 2.45) is 0 Å². The minimum Gasteiger partial charge on any atom is -0.453 e. The molecule has 7 aromatic rings. The van der Waals surface area contributed by atoms with Crippen LogP contribution in [-0.4, -0.2) is 71.0 Å². The van der Waals surface area contributed by atoms with E-state index in [0.29, 0.717) is 57.8 Å². The number of carbonyl (C=O) groups is 3. The number of fused-ring (bicyclic) bond motifs is 2. The van der Waals surface area contributed by atoms with Gasteiger partial charge in [-0.15, -0.1) is 24.8 Å². The van der Waals surface area contributed by atoms with E-state index in [-0.39, 0.29) is 36.6 Å². The number of amides is 3. The summed E-state index contributed by atoms with van der Waals surface area (Å²) in [5.74, 6) is 0.288. The predicted octanol–water partition coefficient (Wildman–Crippen LogP) is 12.1. The molecule has 0 atom stereocenters. The lowest BCUT2D eigenvalue weighted by atomic mass is 9.97. The summed E-state index contributed by atoms with van der Waals surface area (Å²) in [6, 6.07) is 35.1. The van der Waals surface area contributed by atoms with Crippen LogP contribution in [0.2, 0.25) is 0 Å². The molecule has 0 radical (unpaired) electrons. The number of nitrogens with zero attached hydrogens (tertiary/aromatic N) is 3. The first-order valence-electron chi connectivity index (χ1n) is 22.8. The second-order valence-corrected chi connectivity index (χ2v) is 17.1. The number of H-pyrrole nitrogens is 1. The van der Waals surface area contributed by atoms with Crippen molar-refractivity contribution in [3.8, 4) is 22.3 Å². The van der Waals surface area contributed by atoms with E-state index in [1.807, 2.05) is 42.6 Å². The third-order valence-corrected chi connectivity index (χ3v) is 12.3. The van der Waals surface area contributed by atoms with E-state index in [9.17, 15) is 40.7 Å². The number of alkyl halides is 6. The summed E-state index contributed by atoms with van der Waals surface area (Å²) in [6.07, 6.45) is -4.04. The SMILES string of the molecule is COC(=O)NCCN1CCc2cc(NC(=O)c3ccccc3-c3ccc(C(F)(F)F)cc3)ccc2C1.Cl.Cl.O=C(Nc1ccc2c(c1)CCN(Cc1ncc[nH]1)C2)c1ccccc1-c1ccc(C(F)(F)F)cc1. The number of imidazole rings is 1. The van der Waals surface area contributed by atoms with E-state index >= 15 is 0 Å². The van der Waals surface area contributed by atoms with E-state index < -0.39 is 29.6 Å². The predicted molar refractivity (Wildman–Crippen MR) is 273 cm³/mol. The first kappa shape index (κ1) is 55.1. The molecule has 2 aliphatic rings. The average Bonchev–Trinajstić information content (AvgIpc) is 3.89. The normalized spacial score (nSPS) is 13.4. The van der Waals surface area contributed by atoms with Gasteiger partial charge in [0.15, 0.2) is 0 Å². The van der Waals surface area contributed by atoms with Crippen molar-refractivity contribution < 1.29 is 45.5 Å². The fraction of sp³-hybridized carbons (Fsp3) is 0.222. The number of carbonyl (C=O) groups excluding carboxylic acids is 3. The topological polar surface area (TPSA) is 132 Å². The van der Waals surface area contributed by atoms with Crippen molar-refractivity contribution in [2.45, 2.75) is 44.8 Å². The summed E-state index contributed by atoms with van der Waals surface area (Å²) >= 11 is 0. The minimum absolute atomic E-state index is 0. The fourth-order valence-corrected chi connectivity index (χ4v) is 8.63. The third kappa shape index (κ3) is 14.3. The van der Waals surface area contributed by atoms with Crippen molar-refractivity contribution in [3.63, 3.8) is 0 Å². The van der Waals surface area contributed by atoms with Crippen LogP contribution in [0, 0.1) is 0 Å². The number of ether oxygens (including phenoxy) is 1. The van der Waals surface area contributed by atoms with Gasteiger partial charge in [-0.1, -0.05) is 72.8 Å². The highest BCUT2D eigenvalue weighted by Crippen LogP contribution is 2.34. The second-order valence-electron chi connectivity index (χ2n) is 17.1. The van der Waals surface area contributed by atoms with Gasteiger partial charge in [0, 0.05) is 74.2 Å². The van der Waals surface area contributed by atoms with Gasteiger partial charge in [0.2, 0.25) is 0 Å². The van der Waals surface area contributed by atoms with Crippen LogP contribution in [0.1, 0.15) is 59.9 Å². The second kappa shape index (κ2) is 24.5. The number of halogens is 8. The van der Waals surface area contributed by atoms with E-state index in [1.165, 1.54) is 42.5 Å². The molecule has 4 N–H and O–H groups in total. The summed E-state index contributed by atoms with van der Waals surface area (Å²) in [4.78, 5) is 49.4. The summed E-state index contributed by atoms with van der Waals surface area (Å²) in [6.45, 7) is 5.21. The maximum Gasteiger partial charge on any atom is 0.416 e. The van der Waals surface area contributed by atoms with Crippen molar-refractivity contribution in [1.82, 2.24) is 25.1 Å². The number of nitrogens with one attached hydrogen (secondary N) is 4. The zero-order valence-electron chi connectivity index (χ0n) is 39.3. The number of methoxy groups -OCH3 is 1. The lowest BCUT2D eigenvalue weighted by Crippen LogP contribution is -2.37. The smallest absolute Gasteiger partial charge is 0.416 e. The monoisotopic (exact) mass is 1050 g/mol. The summed E-state index contributed by atoms with van der Waals surface area (Å²) in [5, 5.41) is 8.55. The van der Waals surface area contributed by atoms with Crippen LogP contribution in [0.3, 0.4) is 0 Å². The molecule has 0 saturated carbocycles. The van der Waals surface area contributed by atoms with Crippen molar-refractivity contribution in [3.05, 3.63) is 196 Å². The maximum absolute atomic E-state index is 13.1. The number of benzene rings is 6. The van der Waals surface area contributed by atoms with Crippen molar-refractivity contribution in [1.29, 1.82) is 0 Å². The van der Waals surface area contributed by atoms with Gasteiger partial charge in [-0.05, 0) is 118 Å². The van der Waals surface area contributed by atoms with Crippen LogP contribution < -0.4 is 16.0 Å². The van der Waals surface area contributed by atoms with Gasteiger partial charge < -0.3 is 25.7 Å². The Morgan fingerprint density at radius 1 is 0.616 bits per heavy atom. The zero-order valence-corrected chi connectivity index (χ0v) is 40.9. The Morgan fingerprint density at radius 3 is 1.53 bits per heavy atom. The van der Waals surface area contributed by atoms with Gasteiger partial charge in [0.05, 0.1) is 24.8 Å². The van der Waals surface area contributed by atoms with Gasteiger partial charge in [-0.3, -0.25) is 19.4 Å². The number of hydrogen-bond acceptors (Lipinski definition) is 7. The largest absolute Gasteiger partial charge is 0.453 e. The summed E-state index contributed by atoms with van der Waals surface area (Å²) in [5.41, 5.74) is 7.56. The lowest BCUT2D eigenvalue weighted by molar-refractivity contribution is -0.138. The summed E-state index contributed by atoms with van der Waals surface area (Å²) in [7, 11) is 1.33. The molecular formula is C54H51Cl2F6N7O4. The highest BCUT2D eigenvalue weighted by Gasteiger charge is 2.31. The van der Waals surface area contributed by atoms with Crippen LogP contribution in [0.4, 0.5) is 42.5 Å². The van der Waals surface area contributed by atoms with Crippen LogP contribution in [0.25, 0.3) is 22.3 Å². The average molecular weight is 1050 g/mol. The molecule has 0 unspecified atom stereocenters. The maximum atomic E-state index is 13.1. The zero-order chi connectivity index (χ0) is 50.1. The molecule has 11 nitrogen and oxygen atoms in total. The molecule has 19 heteroatoms. The number of alkyl carbamates (subject to hydrolysis) is 1. The van der Waals surface area contributed by atoms with Crippen LogP contribution in [0.15, 0.2) is 146 Å². The first-order chi connectivity index (χ1) is 34.1. The third-order valence-electron chi connectivity index (χ3n) is 12.3. The molecule has 9 rings (SSSR count). The number of hydrogen-bond donors (Lipinski definition) is 4. The molecule has 0 bridgehead atoms. The Bertz CT molecular complexity index is 2990. The molecule has 2 aliphatic heterocycles. The van der Waals surface area contributed by atoms with Gasteiger partial charge >= 0.3 is 18.4 Å². The minimum atomic E-state index is -4.42. The molecule has 3 heterocycles. The van der Waals surface area contributed by atoms with E-state index in [0.717, 1.165) is 86.8 Å². The van der Waals surface area contributed by atoms with E-state index in [2.05, 4.69) is 40.5 Å². The molecule has 0 aliphatic carbocycles. The van der Waals surface area contributed by atoms with Gasteiger partial charge in [-0.2, -0.15) is 26.3 Å². The van der Waals surface area contributed by atoms with E-state index in [4.69, 9.17) is 0 Å². The van der Waals surface area contributed by atoms with Crippen LogP contribution >= 0.6 is 24.8 Å². The number of anilines is 2. The Kier molecular flexibility index (Phi) is 18.5. The quantitative estimate of drug-likeness (QED) is 0.0949. The highest BCUT2D eigenvalue weighted by atomic mass is 35.5. The molecule has 382 valence electrons. The molecule has 0 saturated heterocycles. The Hall–Kier alpha value is -7.18. The molecular weight excluding hydrogens is 996 g/mol. The molecule has 73 heavy (non-hydrogen) atoms. The summed E-state index contributed by atoms with van der Waals surface area (Å²) < 4.78 is 82.1. The highest BCUT2D eigenvalue weighted by molar-refractivity contribution is 6.09. The van der Waals surface area contributed by atoms with Gasteiger partial charge in [0.1, 0.15) is 5.82 Å². The Morgan fingerprint density at radius 2 is 1.08 bits per heavy atom. The molecule has 6 aromatic carbocycles. The molecule has 0 spiro atoms. The van der Waals surface area contributed by atoms with Crippen molar-refractivity contribution >= 4 is 54.1 Å². The lowest BCUT2D eigenvalue weighted by Gasteiger charge is -2.29. The molecule has 1 aromatic heterocycles. The Labute approximate surface area is 430 Å². The Balaban J connectivity index is 0.000000232. The first-order valence-corrected chi connectivity index (χ1v) is 22.8. The van der Waals surface area contributed by atoms with Crippen LogP contribution in [0.5, 0.6) is 0 Å². The van der Waals surface area contributed by atoms with E-state index in [1.54, 1.807) is 54.7 Å². The fourth-order valence-electron chi connectivity index (χ4n) is 8.63.